The number of nitrogen functional groups attached to an aromatic ring is 1. The lowest BCUT2D eigenvalue weighted by Crippen LogP contribution is -2.17. The second kappa shape index (κ2) is 6.81. The Hall–Kier alpha value is -0.740. The Labute approximate surface area is 137 Å². The third-order valence-corrected chi connectivity index (χ3v) is 4.05. The lowest BCUT2D eigenvalue weighted by atomic mass is 10.1. The Kier molecular flexibility index (Phi) is 5.33. The van der Waals surface area contributed by atoms with Crippen LogP contribution >= 0.6 is 39.1 Å². The second-order valence-corrected chi connectivity index (χ2v) is 6.51. The van der Waals surface area contributed by atoms with Gasteiger partial charge in [0.05, 0.1) is 15.7 Å². The zero-order chi connectivity index (χ0) is 14.7. The van der Waals surface area contributed by atoms with E-state index in [9.17, 15) is 0 Å². The Bertz CT molecular complexity index is 594. The van der Waals surface area contributed by atoms with E-state index in [0.29, 0.717) is 15.7 Å². The van der Waals surface area contributed by atoms with Crippen molar-refractivity contribution in [2.75, 3.05) is 12.8 Å². The molecule has 0 aromatic heterocycles. The van der Waals surface area contributed by atoms with Gasteiger partial charge >= 0.3 is 0 Å². The molecule has 0 aliphatic heterocycles. The minimum absolute atomic E-state index is 0.437. The van der Waals surface area contributed by atoms with Crippen molar-refractivity contribution in [3.8, 4) is 0 Å². The molecule has 0 fully saturated rings. The Balaban J connectivity index is 2.06. The molecule has 2 nitrogen and oxygen atoms in total. The molecule has 2 aromatic carbocycles. The number of benzene rings is 2. The van der Waals surface area contributed by atoms with E-state index in [4.69, 9.17) is 28.9 Å². The highest BCUT2D eigenvalue weighted by Gasteiger charge is 2.07. The summed E-state index contributed by atoms with van der Waals surface area (Å²) in [6.07, 6.45) is 0. The normalized spacial score (nSPS) is 11.1. The molecule has 0 unspecified atom stereocenters. The van der Waals surface area contributed by atoms with Crippen LogP contribution in [0.15, 0.2) is 40.9 Å². The van der Waals surface area contributed by atoms with Gasteiger partial charge in [0.1, 0.15) is 0 Å². The maximum Gasteiger partial charge on any atom is 0.0693 e. The van der Waals surface area contributed by atoms with Gasteiger partial charge < -0.3 is 5.73 Å². The standard InChI is InChI=1S/C15H15BrCl2N2/c1-20(8-10-3-2-4-12(16)5-10)9-11-6-13(17)15(19)14(18)7-11/h2-7H,8-9,19H2,1H3. The molecule has 20 heavy (non-hydrogen) atoms. The van der Waals surface area contributed by atoms with E-state index in [1.807, 2.05) is 24.3 Å². The van der Waals surface area contributed by atoms with Crippen LogP contribution in [-0.2, 0) is 13.1 Å². The lowest BCUT2D eigenvalue weighted by Gasteiger charge is -2.18. The maximum atomic E-state index is 6.05. The van der Waals surface area contributed by atoms with Crippen LogP contribution in [0.1, 0.15) is 11.1 Å². The molecule has 0 aliphatic rings. The summed E-state index contributed by atoms with van der Waals surface area (Å²) in [5, 5.41) is 1.01. The number of nitrogens with zero attached hydrogens (tertiary/aromatic N) is 1. The minimum atomic E-state index is 0.437. The van der Waals surface area contributed by atoms with E-state index in [2.05, 4.69) is 40.0 Å². The van der Waals surface area contributed by atoms with Crippen molar-refractivity contribution < 1.29 is 0 Å². The SMILES string of the molecule is CN(Cc1cccc(Br)c1)Cc1cc(Cl)c(N)c(Cl)c1. The van der Waals surface area contributed by atoms with Gasteiger partial charge in [-0.3, -0.25) is 4.90 Å². The predicted octanol–water partition coefficient (Wildman–Crippen LogP) is 4.97. The molecule has 0 saturated heterocycles. The fourth-order valence-corrected chi connectivity index (χ4v) is 3.02. The van der Waals surface area contributed by atoms with Crippen molar-refractivity contribution in [3.05, 3.63) is 62.0 Å². The average molecular weight is 374 g/mol. The van der Waals surface area contributed by atoms with Crippen molar-refractivity contribution in [1.29, 1.82) is 0 Å². The van der Waals surface area contributed by atoms with Crippen LogP contribution in [0.5, 0.6) is 0 Å². The van der Waals surface area contributed by atoms with E-state index in [1.54, 1.807) is 0 Å². The highest BCUT2D eigenvalue weighted by atomic mass is 79.9. The maximum absolute atomic E-state index is 6.05. The number of hydrogen-bond acceptors (Lipinski definition) is 2. The van der Waals surface area contributed by atoms with E-state index in [-0.39, 0.29) is 0 Å². The zero-order valence-electron chi connectivity index (χ0n) is 11.0. The molecule has 2 N–H and O–H groups in total. The van der Waals surface area contributed by atoms with Crippen molar-refractivity contribution in [2.45, 2.75) is 13.1 Å². The van der Waals surface area contributed by atoms with Gasteiger partial charge in [0.2, 0.25) is 0 Å². The first kappa shape index (κ1) is 15.6. The summed E-state index contributed by atoms with van der Waals surface area (Å²) >= 11 is 15.6. The predicted molar refractivity (Wildman–Crippen MR) is 90.2 cm³/mol. The number of rotatable bonds is 4. The fraction of sp³-hybridized carbons (Fsp3) is 0.200. The summed E-state index contributed by atoms with van der Waals surface area (Å²) in [7, 11) is 2.05. The van der Waals surface area contributed by atoms with Crippen LogP contribution in [0.4, 0.5) is 5.69 Å². The van der Waals surface area contributed by atoms with E-state index in [1.165, 1.54) is 5.56 Å². The van der Waals surface area contributed by atoms with E-state index >= 15 is 0 Å². The van der Waals surface area contributed by atoms with Crippen LogP contribution in [0.25, 0.3) is 0 Å². The van der Waals surface area contributed by atoms with Crippen LogP contribution in [0.3, 0.4) is 0 Å². The number of halogens is 3. The van der Waals surface area contributed by atoms with Gasteiger partial charge in [0.15, 0.2) is 0 Å². The smallest absolute Gasteiger partial charge is 0.0693 e. The molecule has 2 aromatic rings. The molecule has 2 rings (SSSR count). The third-order valence-electron chi connectivity index (χ3n) is 2.93. The third kappa shape index (κ3) is 4.13. The quantitative estimate of drug-likeness (QED) is 0.766. The summed E-state index contributed by atoms with van der Waals surface area (Å²) in [5.41, 5.74) is 8.47. The van der Waals surface area contributed by atoms with Gasteiger partial charge in [-0.1, -0.05) is 51.3 Å². The first-order valence-electron chi connectivity index (χ1n) is 6.12. The number of hydrogen-bond donors (Lipinski definition) is 1. The van der Waals surface area contributed by atoms with E-state index in [0.717, 1.165) is 23.1 Å². The van der Waals surface area contributed by atoms with Crippen molar-refractivity contribution >= 4 is 44.8 Å². The molecular weight excluding hydrogens is 359 g/mol. The molecule has 0 amide bonds. The molecular formula is C15H15BrCl2N2. The topological polar surface area (TPSA) is 29.3 Å². The van der Waals surface area contributed by atoms with Gasteiger partial charge in [-0.2, -0.15) is 0 Å². The summed E-state index contributed by atoms with van der Waals surface area (Å²) in [6.45, 7) is 1.60. The molecule has 106 valence electrons. The molecule has 0 atom stereocenters. The highest BCUT2D eigenvalue weighted by molar-refractivity contribution is 9.10. The lowest BCUT2D eigenvalue weighted by molar-refractivity contribution is 0.319. The first-order valence-corrected chi connectivity index (χ1v) is 7.67. The zero-order valence-corrected chi connectivity index (χ0v) is 14.1. The summed E-state index contributed by atoms with van der Waals surface area (Å²) in [6, 6.07) is 12.0. The molecule has 0 bridgehead atoms. The molecule has 0 aliphatic carbocycles. The van der Waals surface area contributed by atoms with Gasteiger partial charge in [-0.15, -0.1) is 0 Å². The average Bonchev–Trinajstić information content (AvgIpc) is 2.35. The largest absolute Gasteiger partial charge is 0.396 e. The fourth-order valence-electron chi connectivity index (χ4n) is 2.04. The van der Waals surface area contributed by atoms with Crippen LogP contribution in [0.2, 0.25) is 10.0 Å². The first-order chi connectivity index (χ1) is 9.45. The molecule has 5 heteroatoms. The van der Waals surface area contributed by atoms with Crippen LogP contribution < -0.4 is 5.73 Å². The summed E-state index contributed by atoms with van der Waals surface area (Å²) in [4.78, 5) is 2.19. The van der Waals surface area contributed by atoms with Crippen LogP contribution in [-0.4, -0.2) is 11.9 Å². The van der Waals surface area contributed by atoms with Crippen molar-refractivity contribution in [2.24, 2.45) is 0 Å². The minimum Gasteiger partial charge on any atom is -0.396 e. The summed E-state index contributed by atoms with van der Waals surface area (Å²) in [5.74, 6) is 0. The number of nitrogens with two attached hydrogens (primary N) is 1. The summed E-state index contributed by atoms with van der Waals surface area (Å²) < 4.78 is 1.09. The van der Waals surface area contributed by atoms with Crippen molar-refractivity contribution in [1.82, 2.24) is 4.90 Å². The van der Waals surface area contributed by atoms with Gasteiger partial charge in [0.25, 0.3) is 0 Å². The van der Waals surface area contributed by atoms with Crippen LogP contribution in [0, 0.1) is 0 Å². The second-order valence-electron chi connectivity index (χ2n) is 4.78. The Morgan fingerprint density at radius 3 is 2.25 bits per heavy atom. The molecule has 0 radical (unpaired) electrons. The molecule has 0 spiro atoms. The van der Waals surface area contributed by atoms with Gasteiger partial charge in [0, 0.05) is 17.6 Å². The molecule has 0 saturated carbocycles. The Morgan fingerprint density at radius 1 is 1.05 bits per heavy atom. The number of anilines is 1. The van der Waals surface area contributed by atoms with Gasteiger partial charge in [-0.05, 0) is 42.4 Å². The molecule has 0 heterocycles. The van der Waals surface area contributed by atoms with Gasteiger partial charge in [-0.25, -0.2) is 0 Å². The van der Waals surface area contributed by atoms with E-state index < -0.39 is 0 Å². The highest BCUT2D eigenvalue weighted by Crippen LogP contribution is 2.29. The van der Waals surface area contributed by atoms with Crippen molar-refractivity contribution in [3.63, 3.8) is 0 Å². The monoisotopic (exact) mass is 372 g/mol. The Morgan fingerprint density at radius 2 is 1.65 bits per heavy atom.